The van der Waals surface area contributed by atoms with Crippen molar-refractivity contribution in [2.45, 2.75) is 13.8 Å². The largest absolute Gasteiger partial charge is 0.496 e. The van der Waals surface area contributed by atoms with Crippen molar-refractivity contribution in [1.29, 1.82) is 0 Å². The van der Waals surface area contributed by atoms with Crippen LogP contribution in [0.2, 0.25) is 0 Å². The van der Waals surface area contributed by atoms with E-state index in [1.165, 1.54) is 6.08 Å². The quantitative estimate of drug-likeness (QED) is 0.670. The first-order valence-electron chi connectivity index (χ1n) is 8.12. The highest BCUT2D eigenvalue weighted by molar-refractivity contribution is 9.10. The number of hydrogen-bond donors (Lipinski definition) is 2. The Balaban J connectivity index is 2.06. The summed E-state index contributed by atoms with van der Waals surface area (Å²) in [7, 11) is 1.58. The van der Waals surface area contributed by atoms with Crippen molar-refractivity contribution in [2.24, 2.45) is 5.92 Å². The van der Waals surface area contributed by atoms with Gasteiger partial charge in [0, 0.05) is 33.4 Å². The molecular formula is C20H21BrN2O3. The summed E-state index contributed by atoms with van der Waals surface area (Å²) < 4.78 is 6.17. The molecule has 2 N–H and O–H groups in total. The van der Waals surface area contributed by atoms with Gasteiger partial charge < -0.3 is 15.4 Å². The predicted octanol–water partition coefficient (Wildman–Crippen LogP) is 4.70. The van der Waals surface area contributed by atoms with Gasteiger partial charge in [-0.2, -0.15) is 0 Å². The fourth-order valence-electron chi connectivity index (χ4n) is 2.15. The molecule has 2 aromatic carbocycles. The van der Waals surface area contributed by atoms with Crippen LogP contribution < -0.4 is 15.4 Å². The molecule has 2 aromatic rings. The number of benzene rings is 2. The number of methoxy groups -OCH3 is 1. The molecule has 136 valence electrons. The van der Waals surface area contributed by atoms with Gasteiger partial charge in [-0.05, 0) is 42.5 Å². The van der Waals surface area contributed by atoms with E-state index in [9.17, 15) is 9.59 Å². The van der Waals surface area contributed by atoms with Gasteiger partial charge in [-0.25, -0.2) is 0 Å². The minimum Gasteiger partial charge on any atom is -0.496 e. The summed E-state index contributed by atoms with van der Waals surface area (Å²) in [6, 6.07) is 12.6. The molecule has 0 unspecified atom stereocenters. The predicted molar refractivity (Wildman–Crippen MR) is 108 cm³/mol. The van der Waals surface area contributed by atoms with E-state index in [2.05, 4.69) is 26.6 Å². The molecule has 6 heteroatoms. The van der Waals surface area contributed by atoms with Crippen LogP contribution in [-0.4, -0.2) is 18.9 Å². The van der Waals surface area contributed by atoms with Crippen LogP contribution in [0.4, 0.5) is 11.4 Å². The molecule has 0 aliphatic heterocycles. The Labute approximate surface area is 161 Å². The fourth-order valence-corrected chi connectivity index (χ4v) is 2.52. The number of nitrogens with one attached hydrogen (secondary N) is 2. The number of anilines is 2. The van der Waals surface area contributed by atoms with E-state index >= 15 is 0 Å². The summed E-state index contributed by atoms with van der Waals surface area (Å²) in [6.45, 7) is 3.64. The van der Waals surface area contributed by atoms with E-state index in [-0.39, 0.29) is 17.7 Å². The average Bonchev–Trinajstić information content (AvgIpc) is 2.60. The second-order valence-electron chi connectivity index (χ2n) is 5.93. The average molecular weight is 417 g/mol. The van der Waals surface area contributed by atoms with Crippen LogP contribution in [0.15, 0.2) is 53.0 Å². The molecule has 0 aliphatic rings. The normalized spacial score (nSPS) is 10.8. The van der Waals surface area contributed by atoms with Gasteiger partial charge in [0.25, 0.3) is 0 Å². The lowest BCUT2D eigenvalue weighted by Gasteiger charge is -2.09. The van der Waals surface area contributed by atoms with Gasteiger partial charge >= 0.3 is 0 Å². The third-order valence-corrected chi connectivity index (χ3v) is 4.02. The highest BCUT2D eigenvalue weighted by atomic mass is 79.9. The Morgan fingerprint density at radius 1 is 1.08 bits per heavy atom. The second kappa shape index (κ2) is 9.20. The zero-order valence-electron chi connectivity index (χ0n) is 14.9. The first kappa shape index (κ1) is 19.7. The van der Waals surface area contributed by atoms with Gasteiger partial charge in [0.05, 0.1) is 7.11 Å². The minimum absolute atomic E-state index is 0.0740. The van der Waals surface area contributed by atoms with Crippen molar-refractivity contribution in [1.82, 2.24) is 0 Å². The van der Waals surface area contributed by atoms with E-state index in [0.29, 0.717) is 17.1 Å². The lowest BCUT2D eigenvalue weighted by Crippen LogP contribution is -2.17. The number of hydrogen-bond acceptors (Lipinski definition) is 3. The highest BCUT2D eigenvalue weighted by Gasteiger charge is 2.08. The van der Waals surface area contributed by atoms with Crippen LogP contribution >= 0.6 is 15.9 Å². The van der Waals surface area contributed by atoms with Gasteiger partial charge in [0.15, 0.2) is 0 Å². The molecule has 5 nitrogen and oxygen atoms in total. The summed E-state index contributed by atoms with van der Waals surface area (Å²) in [4.78, 5) is 23.9. The van der Waals surface area contributed by atoms with Crippen LogP contribution in [0.5, 0.6) is 5.75 Å². The van der Waals surface area contributed by atoms with Crippen molar-refractivity contribution in [3.05, 3.63) is 58.6 Å². The molecule has 0 saturated carbocycles. The van der Waals surface area contributed by atoms with E-state index in [4.69, 9.17) is 4.74 Å². The minimum atomic E-state index is -0.278. The zero-order valence-corrected chi connectivity index (χ0v) is 16.5. The van der Waals surface area contributed by atoms with Gasteiger partial charge in [-0.15, -0.1) is 0 Å². The van der Waals surface area contributed by atoms with Crippen molar-refractivity contribution in [3.8, 4) is 5.75 Å². The van der Waals surface area contributed by atoms with E-state index < -0.39 is 0 Å². The maximum Gasteiger partial charge on any atom is 0.248 e. The molecule has 0 atom stereocenters. The lowest BCUT2D eigenvalue weighted by molar-refractivity contribution is -0.119. The van der Waals surface area contributed by atoms with E-state index in [1.54, 1.807) is 37.5 Å². The molecular weight excluding hydrogens is 396 g/mol. The number of rotatable bonds is 6. The van der Waals surface area contributed by atoms with Crippen LogP contribution in [0.1, 0.15) is 19.4 Å². The molecule has 0 aromatic heterocycles. The summed E-state index contributed by atoms with van der Waals surface area (Å²) in [5.41, 5.74) is 2.02. The van der Waals surface area contributed by atoms with Crippen LogP contribution in [-0.2, 0) is 9.59 Å². The van der Waals surface area contributed by atoms with Gasteiger partial charge in [0.1, 0.15) is 5.75 Å². The first-order chi connectivity index (χ1) is 12.4. The Morgan fingerprint density at radius 3 is 2.42 bits per heavy atom. The Hall–Kier alpha value is -2.60. The van der Waals surface area contributed by atoms with Crippen molar-refractivity contribution in [3.63, 3.8) is 0 Å². The summed E-state index contributed by atoms with van der Waals surface area (Å²) in [5.74, 6) is 0.210. The topological polar surface area (TPSA) is 67.4 Å². The highest BCUT2D eigenvalue weighted by Crippen LogP contribution is 2.24. The number of halogens is 1. The third-order valence-electron chi connectivity index (χ3n) is 3.53. The van der Waals surface area contributed by atoms with Gasteiger partial charge in [-0.1, -0.05) is 35.8 Å². The molecule has 0 fully saturated rings. The Bertz CT molecular complexity index is 832. The molecule has 0 heterocycles. The molecule has 26 heavy (non-hydrogen) atoms. The Kier molecular flexibility index (Phi) is 6.97. The van der Waals surface area contributed by atoms with E-state index in [0.717, 1.165) is 10.0 Å². The second-order valence-corrected chi connectivity index (χ2v) is 6.85. The smallest absolute Gasteiger partial charge is 0.248 e. The number of ether oxygens (including phenoxy) is 1. The monoisotopic (exact) mass is 416 g/mol. The van der Waals surface area contributed by atoms with Crippen LogP contribution in [0.3, 0.4) is 0 Å². The summed E-state index contributed by atoms with van der Waals surface area (Å²) in [5, 5.41) is 5.58. The molecule has 0 spiro atoms. The van der Waals surface area contributed by atoms with Gasteiger partial charge in [0.2, 0.25) is 11.8 Å². The maximum atomic E-state index is 12.2. The van der Waals surface area contributed by atoms with E-state index in [1.807, 2.05) is 32.0 Å². The fraction of sp³-hybridized carbons (Fsp3) is 0.200. The maximum absolute atomic E-state index is 12.2. The summed E-state index contributed by atoms with van der Waals surface area (Å²) in [6.07, 6.45) is 3.12. The molecule has 0 radical (unpaired) electrons. The molecule has 2 amide bonds. The molecule has 2 rings (SSSR count). The zero-order chi connectivity index (χ0) is 19.1. The molecule has 0 aliphatic carbocycles. The van der Waals surface area contributed by atoms with Crippen molar-refractivity contribution in [2.75, 3.05) is 17.7 Å². The summed E-state index contributed by atoms with van der Waals surface area (Å²) >= 11 is 3.40. The standard InChI is InChI=1S/C20H21BrN2O3/c1-13(2)20(25)23-17-6-4-5-16(12-17)22-19(24)10-7-14-11-15(21)8-9-18(14)26-3/h4-13H,1-3H3,(H,22,24)(H,23,25)/b10-7+. The van der Waals surface area contributed by atoms with Crippen molar-refractivity contribution < 1.29 is 14.3 Å². The molecule has 0 bridgehead atoms. The molecule has 0 saturated heterocycles. The van der Waals surface area contributed by atoms with Crippen LogP contribution in [0, 0.1) is 5.92 Å². The first-order valence-corrected chi connectivity index (χ1v) is 8.92. The van der Waals surface area contributed by atoms with Gasteiger partial charge in [-0.3, -0.25) is 9.59 Å². The lowest BCUT2D eigenvalue weighted by atomic mass is 10.2. The number of amides is 2. The van der Waals surface area contributed by atoms with Crippen LogP contribution in [0.25, 0.3) is 6.08 Å². The Morgan fingerprint density at radius 2 is 1.77 bits per heavy atom. The third kappa shape index (κ3) is 5.74. The number of carbonyl (C=O) groups is 2. The number of carbonyl (C=O) groups excluding carboxylic acids is 2. The SMILES string of the molecule is COc1ccc(Br)cc1/C=C/C(=O)Nc1cccc(NC(=O)C(C)C)c1. The van der Waals surface area contributed by atoms with Crippen molar-refractivity contribution >= 4 is 45.2 Å².